The number of hydrogen-bond acceptors (Lipinski definition) is 2. The molecule has 2 aliphatic rings. The number of fused-ring (bicyclic) bond motifs is 1. The van der Waals surface area contributed by atoms with Crippen LogP contribution in [-0.2, 0) is 6.42 Å². The molecule has 2 aliphatic carbocycles. The van der Waals surface area contributed by atoms with Gasteiger partial charge in [0.15, 0.2) is 0 Å². The van der Waals surface area contributed by atoms with Gasteiger partial charge < -0.3 is 5.11 Å². The number of hydrogen-bond donors (Lipinski definition) is 1. The molecule has 0 heterocycles. The smallest absolute Gasteiger partial charge is 0.0951 e. The highest BCUT2D eigenvalue weighted by Crippen LogP contribution is 2.39. The standard InChI is InChI=1S/C17H25NO/c1-12(2)9-10-18(14-7-8-14)16-11-13-5-3-4-6-15(13)17(16)19/h3-6,12,14,16-17,19H,7-11H2,1-2H3. The third-order valence-corrected chi connectivity index (χ3v) is 4.57. The lowest BCUT2D eigenvalue weighted by Gasteiger charge is -2.32. The van der Waals surface area contributed by atoms with Gasteiger partial charge in [0.25, 0.3) is 0 Å². The minimum absolute atomic E-state index is 0.288. The second kappa shape index (κ2) is 5.26. The van der Waals surface area contributed by atoms with Gasteiger partial charge in [0.2, 0.25) is 0 Å². The quantitative estimate of drug-likeness (QED) is 0.878. The van der Waals surface area contributed by atoms with Crippen LogP contribution in [0.5, 0.6) is 0 Å². The monoisotopic (exact) mass is 259 g/mol. The highest BCUT2D eigenvalue weighted by atomic mass is 16.3. The molecule has 2 heteroatoms. The van der Waals surface area contributed by atoms with Crippen LogP contribution < -0.4 is 0 Å². The molecule has 104 valence electrons. The first-order chi connectivity index (χ1) is 9.16. The van der Waals surface area contributed by atoms with Gasteiger partial charge in [0.05, 0.1) is 6.10 Å². The van der Waals surface area contributed by atoms with Crippen molar-refractivity contribution in [3.05, 3.63) is 35.4 Å². The summed E-state index contributed by atoms with van der Waals surface area (Å²) in [5, 5.41) is 10.6. The Hall–Kier alpha value is -0.860. The molecule has 2 unspecified atom stereocenters. The van der Waals surface area contributed by atoms with Gasteiger partial charge >= 0.3 is 0 Å². The molecule has 0 spiro atoms. The van der Waals surface area contributed by atoms with Crippen molar-refractivity contribution in [1.29, 1.82) is 0 Å². The number of aliphatic hydroxyl groups excluding tert-OH is 1. The molecule has 0 radical (unpaired) electrons. The van der Waals surface area contributed by atoms with E-state index < -0.39 is 0 Å². The maximum Gasteiger partial charge on any atom is 0.0951 e. The normalized spacial score (nSPS) is 26.2. The Balaban J connectivity index is 1.74. The van der Waals surface area contributed by atoms with E-state index in [0.717, 1.165) is 30.5 Å². The first-order valence-electron chi connectivity index (χ1n) is 7.68. The molecule has 0 bridgehead atoms. The van der Waals surface area contributed by atoms with Gasteiger partial charge in [-0.25, -0.2) is 0 Å². The summed E-state index contributed by atoms with van der Waals surface area (Å²) in [4.78, 5) is 2.59. The molecule has 0 aromatic heterocycles. The fourth-order valence-corrected chi connectivity index (χ4v) is 3.28. The van der Waals surface area contributed by atoms with Crippen molar-refractivity contribution < 1.29 is 5.11 Å². The SMILES string of the molecule is CC(C)CCN(C1CC1)C1Cc2ccccc2C1O. The fraction of sp³-hybridized carbons (Fsp3) is 0.647. The molecule has 1 aromatic rings. The summed E-state index contributed by atoms with van der Waals surface area (Å²) in [6.45, 7) is 5.70. The summed E-state index contributed by atoms with van der Waals surface area (Å²) in [5.41, 5.74) is 2.50. The van der Waals surface area contributed by atoms with Gasteiger partial charge in [-0.05, 0) is 49.3 Å². The molecule has 1 fully saturated rings. The van der Waals surface area contributed by atoms with Crippen LogP contribution in [0, 0.1) is 5.92 Å². The average molecular weight is 259 g/mol. The first-order valence-corrected chi connectivity index (χ1v) is 7.68. The van der Waals surface area contributed by atoms with Crippen molar-refractivity contribution in [2.45, 2.75) is 57.7 Å². The Bertz CT molecular complexity index is 439. The van der Waals surface area contributed by atoms with Crippen LogP contribution in [0.25, 0.3) is 0 Å². The van der Waals surface area contributed by atoms with Crippen LogP contribution in [0.15, 0.2) is 24.3 Å². The van der Waals surface area contributed by atoms with E-state index in [0.29, 0.717) is 6.04 Å². The number of benzene rings is 1. The van der Waals surface area contributed by atoms with Crippen molar-refractivity contribution >= 4 is 0 Å². The molecule has 2 nitrogen and oxygen atoms in total. The van der Waals surface area contributed by atoms with E-state index in [-0.39, 0.29) is 6.10 Å². The van der Waals surface area contributed by atoms with E-state index in [1.807, 2.05) is 6.07 Å². The van der Waals surface area contributed by atoms with Gasteiger partial charge in [-0.2, -0.15) is 0 Å². The van der Waals surface area contributed by atoms with Crippen LogP contribution in [0.4, 0.5) is 0 Å². The molecule has 1 saturated carbocycles. The molecule has 0 saturated heterocycles. The number of nitrogens with zero attached hydrogens (tertiary/aromatic N) is 1. The van der Waals surface area contributed by atoms with Crippen LogP contribution in [0.2, 0.25) is 0 Å². The Morgan fingerprint density at radius 3 is 2.63 bits per heavy atom. The molecule has 19 heavy (non-hydrogen) atoms. The summed E-state index contributed by atoms with van der Waals surface area (Å²) < 4.78 is 0. The summed E-state index contributed by atoms with van der Waals surface area (Å²) in [6.07, 6.45) is 4.60. The Morgan fingerprint density at radius 1 is 1.26 bits per heavy atom. The Kier molecular flexibility index (Phi) is 3.64. The van der Waals surface area contributed by atoms with E-state index in [9.17, 15) is 5.11 Å². The molecule has 1 N–H and O–H groups in total. The maximum absolute atomic E-state index is 10.6. The number of rotatable bonds is 5. The third-order valence-electron chi connectivity index (χ3n) is 4.57. The van der Waals surface area contributed by atoms with Crippen LogP contribution in [0.3, 0.4) is 0 Å². The minimum Gasteiger partial charge on any atom is -0.387 e. The molecule has 2 atom stereocenters. The largest absolute Gasteiger partial charge is 0.387 e. The van der Waals surface area contributed by atoms with E-state index in [4.69, 9.17) is 0 Å². The molecular formula is C17H25NO. The molecule has 1 aromatic carbocycles. The Labute approximate surface area is 116 Å². The summed E-state index contributed by atoms with van der Waals surface area (Å²) in [7, 11) is 0. The van der Waals surface area contributed by atoms with Crippen molar-refractivity contribution in [2.24, 2.45) is 5.92 Å². The summed E-state index contributed by atoms with van der Waals surface area (Å²) in [5.74, 6) is 0.738. The third kappa shape index (κ3) is 2.70. The lowest BCUT2D eigenvalue weighted by molar-refractivity contribution is 0.0526. The molecule has 0 amide bonds. The van der Waals surface area contributed by atoms with Crippen molar-refractivity contribution in [3.63, 3.8) is 0 Å². The van der Waals surface area contributed by atoms with Crippen molar-refractivity contribution in [1.82, 2.24) is 4.90 Å². The highest BCUT2D eigenvalue weighted by Gasteiger charge is 2.40. The second-order valence-corrected chi connectivity index (χ2v) is 6.57. The van der Waals surface area contributed by atoms with Crippen molar-refractivity contribution in [3.8, 4) is 0 Å². The highest BCUT2D eigenvalue weighted by molar-refractivity contribution is 5.36. The van der Waals surface area contributed by atoms with Crippen LogP contribution >= 0.6 is 0 Å². The lowest BCUT2D eigenvalue weighted by atomic mass is 10.1. The predicted molar refractivity (Wildman–Crippen MR) is 78.1 cm³/mol. The van der Waals surface area contributed by atoms with Gasteiger partial charge in [-0.3, -0.25) is 4.90 Å². The van der Waals surface area contributed by atoms with Gasteiger partial charge in [-0.1, -0.05) is 38.1 Å². The zero-order valence-electron chi connectivity index (χ0n) is 12.0. The van der Waals surface area contributed by atoms with E-state index in [2.05, 4.69) is 36.9 Å². The molecule has 3 rings (SSSR count). The number of aliphatic hydroxyl groups is 1. The second-order valence-electron chi connectivity index (χ2n) is 6.57. The fourth-order valence-electron chi connectivity index (χ4n) is 3.28. The minimum atomic E-state index is -0.288. The lowest BCUT2D eigenvalue weighted by Crippen LogP contribution is -2.41. The van der Waals surface area contributed by atoms with E-state index in [1.165, 1.54) is 24.8 Å². The summed E-state index contributed by atoms with van der Waals surface area (Å²) >= 11 is 0. The summed E-state index contributed by atoms with van der Waals surface area (Å²) in [6, 6.07) is 9.43. The van der Waals surface area contributed by atoms with Crippen molar-refractivity contribution in [2.75, 3.05) is 6.54 Å². The van der Waals surface area contributed by atoms with Gasteiger partial charge in [-0.15, -0.1) is 0 Å². The first kappa shape index (κ1) is 13.1. The van der Waals surface area contributed by atoms with Gasteiger partial charge in [0, 0.05) is 12.1 Å². The van der Waals surface area contributed by atoms with E-state index >= 15 is 0 Å². The topological polar surface area (TPSA) is 23.5 Å². The average Bonchev–Trinajstić information content (AvgIpc) is 3.16. The van der Waals surface area contributed by atoms with Gasteiger partial charge in [0.1, 0.15) is 0 Å². The van der Waals surface area contributed by atoms with E-state index in [1.54, 1.807) is 0 Å². The maximum atomic E-state index is 10.6. The Morgan fingerprint density at radius 2 is 2.00 bits per heavy atom. The predicted octanol–water partition coefficient (Wildman–Crippen LogP) is 3.16. The van der Waals surface area contributed by atoms with Crippen LogP contribution in [0.1, 0.15) is 50.3 Å². The van der Waals surface area contributed by atoms with Crippen LogP contribution in [-0.4, -0.2) is 28.6 Å². The zero-order valence-corrected chi connectivity index (χ0v) is 12.0. The zero-order chi connectivity index (χ0) is 13.4. The molecular weight excluding hydrogens is 234 g/mol. The molecule has 0 aliphatic heterocycles.